The molecule has 1 aliphatic rings. The van der Waals surface area contributed by atoms with Crippen LogP contribution in [-0.4, -0.2) is 14.5 Å². The van der Waals surface area contributed by atoms with Crippen molar-refractivity contribution in [2.24, 2.45) is 0 Å². The zero-order chi connectivity index (χ0) is 10.9. The van der Waals surface area contributed by atoms with Gasteiger partial charge in [0.25, 0.3) is 10.1 Å². The van der Waals surface area contributed by atoms with Crippen LogP contribution in [-0.2, 0) is 14.3 Å². The van der Waals surface area contributed by atoms with Crippen molar-refractivity contribution in [2.45, 2.75) is 37.2 Å². The lowest BCUT2D eigenvalue weighted by molar-refractivity contribution is 0.127. The molecule has 90 valence electrons. The van der Waals surface area contributed by atoms with Crippen LogP contribution in [0, 0.1) is 6.92 Å². The minimum Gasteiger partial charge on any atom is -0.269 e. The minimum absolute atomic E-state index is 0. The molecule has 0 unspecified atom stereocenters. The monoisotopic (exact) mass is 246 g/mol. The molecule has 0 atom stereocenters. The Morgan fingerprint density at radius 3 is 2.19 bits per heavy atom. The van der Waals surface area contributed by atoms with Gasteiger partial charge in [-0.05, 0) is 38.3 Å². The van der Waals surface area contributed by atoms with Crippen molar-refractivity contribution in [1.82, 2.24) is 0 Å². The first-order valence-corrected chi connectivity index (χ1v) is 6.49. The van der Waals surface area contributed by atoms with Gasteiger partial charge in [-0.15, -0.1) is 0 Å². The van der Waals surface area contributed by atoms with Gasteiger partial charge < -0.3 is 0 Å². The number of halogens is 1. The predicted molar refractivity (Wildman–Crippen MR) is 59.6 cm³/mol. The molecule has 0 aromatic heterocycles. The number of benzene rings is 1. The Bertz CT molecular complexity index is 435. The van der Waals surface area contributed by atoms with Crippen molar-refractivity contribution in [3.05, 3.63) is 29.8 Å². The molecule has 1 aliphatic carbocycles. The molecule has 16 heavy (non-hydrogen) atoms. The van der Waals surface area contributed by atoms with E-state index in [-0.39, 0.29) is 15.7 Å². The first kappa shape index (κ1) is 13.1. The number of rotatable bonds is 3. The third-order valence-corrected chi connectivity index (χ3v) is 4.00. The highest BCUT2D eigenvalue weighted by molar-refractivity contribution is 7.86. The molecular weight excluding hydrogens is 231 g/mol. The number of hydrogen-bond donors (Lipinski definition) is 0. The van der Waals surface area contributed by atoms with Crippen LogP contribution in [0.2, 0.25) is 0 Å². The van der Waals surface area contributed by atoms with Crippen LogP contribution in [0.15, 0.2) is 29.2 Å². The first-order valence-electron chi connectivity index (χ1n) is 5.08. The number of hydrogen-bond acceptors (Lipinski definition) is 3. The van der Waals surface area contributed by atoms with Crippen LogP contribution >= 0.6 is 0 Å². The van der Waals surface area contributed by atoms with Crippen molar-refractivity contribution in [3.63, 3.8) is 0 Å². The summed E-state index contributed by atoms with van der Waals surface area (Å²) in [6, 6.07) is 6.72. The Balaban J connectivity index is 0.00000128. The molecule has 0 saturated heterocycles. The summed E-state index contributed by atoms with van der Waals surface area (Å²) in [4.78, 5) is 0.250. The molecule has 0 spiro atoms. The average molecular weight is 246 g/mol. The predicted octanol–water partition coefficient (Wildman–Crippen LogP) is 2.41. The maximum Gasteiger partial charge on any atom is 0.297 e. The van der Waals surface area contributed by atoms with Crippen molar-refractivity contribution in [3.8, 4) is 0 Å². The molecule has 1 aromatic rings. The third kappa shape index (κ3) is 2.80. The zero-order valence-corrected chi connectivity index (χ0v) is 9.87. The van der Waals surface area contributed by atoms with E-state index in [0.717, 1.165) is 24.8 Å². The van der Waals surface area contributed by atoms with Crippen molar-refractivity contribution >= 4 is 10.1 Å². The summed E-state index contributed by atoms with van der Waals surface area (Å²) in [5.41, 5.74) is 1.04. The summed E-state index contributed by atoms with van der Waals surface area (Å²) in [6.45, 7) is 1.92. The van der Waals surface area contributed by atoms with Crippen LogP contribution in [0.1, 0.15) is 24.8 Å². The molecular formula is C11H15FO3S. The molecule has 0 amide bonds. The Kier molecular flexibility index (Phi) is 4.04. The van der Waals surface area contributed by atoms with Gasteiger partial charge in [0.05, 0.1) is 11.0 Å². The fourth-order valence-corrected chi connectivity index (χ4v) is 2.54. The summed E-state index contributed by atoms with van der Waals surface area (Å²) in [5, 5.41) is 0. The van der Waals surface area contributed by atoms with Gasteiger partial charge >= 0.3 is 0 Å². The van der Waals surface area contributed by atoms with Gasteiger partial charge in [0.2, 0.25) is 0 Å². The summed E-state index contributed by atoms with van der Waals surface area (Å²) < 4.78 is 28.5. The lowest BCUT2D eigenvalue weighted by Crippen LogP contribution is -2.25. The maximum absolute atomic E-state index is 11.7. The van der Waals surface area contributed by atoms with Gasteiger partial charge in [-0.2, -0.15) is 8.42 Å². The fraction of sp³-hybridized carbons (Fsp3) is 0.455. The largest absolute Gasteiger partial charge is 0.297 e. The molecule has 0 aliphatic heterocycles. The SMILES string of the molecule is Cc1ccc(S(=O)(=O)OC2CCC2)cc1.F. The highest BCUT2D eigenvalue weighted by Crippen LogP contribution is 2.26. The highest BCUT2D eigenvalue weighted by Gasteiger charge is 2.26. The third-order valence-electron chi connectivity index (χ3n) is 2.62. The highest BCUT2D eigenvalue weighted by atomic mass is 32.2. The van der Waals surface area contributed by atoms with Gasteiger partial charge in [0.15, 0.2) is 0 Å². The molecule has 1 saturated carbocycles. The Hall–Kier alpha value is -0.940. The molecule has 3 nitrogen and oxygen atoms in total. The van der Waals surface area contributed by atoms with E-state index >= 15 is 0 Å². The first-order chi connectivity index (χ1) is 7.08. The number of aryl methyl sites for hydroxylation is 1. The average Bonchev–Trinajstić information content (AvgIpc) is 2.13. The topological polar surface area (TPSA) is 43.4 Å². The zero-order valence-electron chi connectivity index (χ0n) is 9.05. The van der Waals surface area contributed by atoms with Crippen LogP contribution in [0.3, 0.4) is 0 Å². The lowest BCUT2D eigenvalue weighted by Gasteiger charge is -2.24. The smallest absolute Gasteiger partial charge is 0.269 e. The Morgan fingerprint density at radius 1 is 1.19 bits per heavy atom. The maximum atomic E-state index is 11.7. The second-order valence-corrected chi connectivity index (χ2v) is 5.49. The van der Waals surface area contributed by atoms with E-state index in [4.69, 9.17) is 4.18 Å². The van der Waals surface area contributed by atoms with E-state index in [9.17, 15) is 8.42 Å². The molecule has 5 heteroatoms. The summed E-state index contributed by atoms with van der Waals surface area (Å²) in [6.07, 6.45) is 2.67. The van der Waals surface area contributed by atoms with Gasteiger partial charge in [-0.25, -0.2) is 0 Å². The van der Waals surface area contributed by atoms with Crippen LogP contribution in [0.5, 0.6) is 0 Å². The van der Waals surface area contributed by atoms with E-state index in [0.29, 0.717) is 0 Å². The standard InChI is InChI=1S/C11H14O3S.FH/c1-9-5-7-11(8-6-9)15(12,13)14-10-3-2-4-10;/h5-8,10H,2-4H2,1H3;1H. The van der Waals surface area contributed by atoms with Crippen LogP contribution < -0.4 is 0 Å². The van der Waals surface area contributed by atoms with E-state index in [1.165, 1.54) is 0 Å². The summed E-state index contributed by atoms with van der Waals surface area (Å²) in [5.74, 6) is 0. The second-order valence-electron chi connectivity index (χ2n) is 3.92. The summed E-state index contributed by atoms with van der Waals surface area (Å²) >= 11 is 0. The Morgan fingerprint density at radius 2 is 1.75 bits per heavy atom. The summed E-state index contributed by atoms with van der Waals surface area (Å²) in [7, 11) is -3.54. The van der Waals surface area contributed by atoms with Crippen molar-refractivity contribution in [2.75, 3.05) is 0 Å². The van der Waals surface area contributed by atoms with Crippen molar-refractivity contribution in [1.29, 1.82) is 0 Å². The van der Waals surface area contributed by atoms with E-state index in [1.807, 2.05) is 6.92 Å². The van der Waals surface area contributed by atoms with E-state index < -0.39 is 10.1 Å². The van der Waals surface area contributed by atoms with Crippen molar-refractivity contribution < 1.29 is 17.3 Å². The van der Waals surface area contributed by atoms with E-state index in [1.54, 1.807) is 24.3 Å². The van der Waals surface area contributed by atoms with Gasteiger partial charge in [-0.1, -0.05) is 17.7 Å². The molecule has 0 N–H and O–H groups in total. The lowest BCUT2D eigenvalue weighted by atomic mass is 9.97. The minimum atomic E-state index is -3.54. The quantitative estimate of drug-likeness (QED) is 0.769. The second kappa shape index (κ2) is 4.93. The molecule has 2 rings (SSSR count). The fourth-order valence-electron chi connectivity index (χ4n) is 1.41. The molecule has 0 radical (unpaired) electrons. The van der Waals surface area contributed by atoms with E-state index in [2.05, 4.69) is 0 Å². The molecule has 0 bridgehead atoms. The van der Waals surface area contributed by atoms with Gasteiger partial charge in [0.1, 0.15) is 0 Å². The normalized spacial score (nSPS) is 16.3. The Labute approximate surface area is 94.9 Å². The van der Waals surface area contributed by atoms with Crippen LogP contribution in [0.25, 0.3) is 0 Å². The van der Waals surface area contributed by atoms with Gasteiger partial charge in [0, 0.05) is 0 Å². The molecule has 1 fully saturated rings. The van der Waals surface area contributed by atoms with Gasteiger partial charge in [-0.3, -0.25) is 8.89 Å². The van der Waals surface area contributed by atoms with Crippen LogP contribution in [0.4, 0.5) is 4.70 Å². The molecule has 1 aromatic carbocycles. The molecule has 0 heterocycles.